The summed E-state index contributed by atoms with van der Waals surface area (Å²) in [5.74, 6) is -1.88. The first-order valence-electron chi connectivity index (χ1n) is 4.56. The van der Waals surface area contributed by atoms with Gasteiger partial charge in [0.15, 0.2) is 6.10 Å². The van der Waals surface area contributed by atoms with Crippen LogP contribution in [0.3, 0.4) is 0 Å². The zero-order chi connectivity index (χ0) is 12.5. The summed E-state index contributed by atoms with van der Waals surface area (Å²) < 4.78 is 13.6. The molecule has 0 fully saturated rings. The molecule has 1 aromatic rings. The highest BCUT2D eigenvalue weighted by Gasteiger charge is 2.26. The number of hydrogen-bond donors (Lipinski definition) is 4. The van der Waals surface area contributed by atoms with Gasteiger partial charge in [-0.2, -0.15) is 0 Å². The van der Waals surface area contributed by atoms with E-state index >= 15 is 0 Å². The Morgan fingerprint density at radius 3 is 2.50 bits per heavy atom. The molecule has 5 nitrogen and oxygen atoms in total. The molecule has 6 N–H and O–H groups in total. The molecule has 0 saturated carbocycles. The molecule has 16 heavy (non-hydrogen) atoms. The highest BCUT2D eigenvalue weighted by atomic mass is 19.1. The quantitative estimate of drug-likeness (QED) is 0.527. The molecule has 0 aliphatic carbocycles. The molecule has 0 bridgehead atoms. The fourth-order valence-corrected chi connectivity index (χ4v) is 1.28. The molecule has 0 aliphatic heterocycles. The van der Waals surface area contributed by atoms with Crippen LogP contribution in [0.5, 0.6) is 0 Å². The second kappa shape index (κ2) is 4.46. The Bertz CT molecular complexity index is 423. The fourth-order valence-electron chi connectivity index (χ4n) is 1.28. The van der Waals surface area contributed by atoms with E-state index in [1.54, 1.807) is 0 Å². The molecule has 2 unspecified atom stereocenters. The molecule has 0 spiro atoms. The molecular formula is C10H13FN2O3. The first-order chi connectivity index (χ1) is 7.36. The Morgan fingerprint density at radius 1 is 1.44 bits per heavy atom. The van der Waals surface area contributed by atoms with Crippen molar-refractivity contribution in [1.29, 1.82) is 0 Å². The second-order valence-corrected chi connectivity index (χ2v) is 3.48. The summed E-state index contributed by atoms with van der Waals surface area (Å²) in [5.41, 5.74) is 10.4. The van der Waals surface area contributed by atoms with Crippen molar-refractivity contribution in [3.63, 3.8) is 0 Å². The summed E-state index contributed by atoms with van der Waals surface area (Å²) in [6, 6.07) is 2.58. The van der Waals surface area contributed by atoms with Gasteiger partial charge in [-0.3, -0.25) is 4.79 Å². The molecule has 0 radical (unpaired) electrons. The minimum Gasteiger partial charge on any atom is -0.398 e. The number of carbonyl (C=O) groups is 1. The second-order valence-electron chi connectivity index (χ2n) is 3.48. The lowest BCUT2D eigenvalue weighted by atomic mass is 10.00. The number of aliphatic hydroxyl groups is 2. The number of nitrogens with two attached hydrogens (primary N) is 2. The number of rotatable bonds is 3. The Labute approximate surface area is 91.5 Å². The van der Waals surface area contributed by atoms with Gasteiger partial charge in [0.2, 0.25) is 5.91 Å². The Balaban J connectivity index is 3.14. The van der Waals surface area contributed by atoms with Gasteiger partial charge in [0.25, 0.3) is 0 Å². The van der Waals surface area contributed by atoms with Gasteiger partial charge in [-0.25, -0.2) is 4.39 Å². The lowest BCUT2D eigenvalue weighted by molar-refractivity contribution is -0.132. The van der Waals surface area contributed by atoms with Crippen LogP contribution in [-0.4, -0.2) is 22.2 Å². The molecular weight excluding hydrogens is 215 g/mol. The maximum atomic E-state index is 13.6. The third-order valence-electron chi connectivity index (χ3n) is 2.37. The van der Waals surface area contributed by atoms with Crippen molar-refractivity contribution in [2.45, 2.75) is 19.1 Å². The van der Waals surface area contributed by atoms with Gasteiger partial charge >= 0.3 is 0 Å². The maximum absolute atomic E-state index is 13.6. The molecule has 1 rings (SSSR count). The van der Waals surface area contributed by atoms with Gasteiger partial charge < -0.3 is 21.7 Å². The van der Waals surface area contributed by atoms with Crippen molar-refractivity contribution in [2.24, 2.45) is 5.73 Å². The molecule has 0 aromatic heterocycles. The largest absolute Gasteiger partial charge is 0.398 e. The van der Waals surface area contributed by atoms with Crippen molar-refractivity contribution in [2.75, 3.05) is 5.73 Å². The van der Waals surface area contributed by atoms with Crippen LogP contribution in [0.4, 0.5) is 10.1 Å². The zero-order valence-electron chi connectivity index (χ0n) is 8.64. The minimum absolute atomic E-state index is 0.147. The van der Waals surface area contributed by atoms with Crippen molar-refractivity contribution in [1.82, 2.24) is 0 Å². The molecule has 88 valence electrons. The topological polar surface area (TPSA) is 110 Å². The van der Waals surface area contributed by atoms with Crippen LogP contribution in [0.2, 0.25) is 0 Å². The number of carbonyl (C=O) groups excluding carboxylic acids is 1. The van der Waals surface area contributed by atoms with Gasteiger partial charge in [-0.1, -0.05) is 6.07 Å². The van der Waals surface area contributed by atoms with Crippen LogP contribution in [0.1, 0.15) is 17.2 Å². The standard InChI is InChI=1S/C10H13FN2O3/c1-4-6(12)3-2-5(7(4)11)8(14)9(15)10(13)16/h2-3,8-9,14-15H,12H2,1H3,(H2,13,16). The van der Waals surface area contributed by atoms with Gasteiger partial charge in [0, 0.05) is 16.8 Å². The summed E-state index contributed by atoms with van der Waals surface area (Å²) in [5, 5.41) is 18.7. The van der Waals surface area contributed by atoms with E-state index < -0.39 is 23.9 Å². The van der Waals surface area contributed by atoms with E-state index in [1.165, 1.54) is 19.1 Å². The van der Waals surface area contributed by atoms with E-state index in [4.69, 9.17) is 11.5 Å². The van der Waals surface area contributed by atoms with Crippen LogP contribution >= 0.6 is 0 Å². The molecule has 6 heteroatoms. The zero-order valence-corrected chi connectivity index (χ0v) is 8.64. The Kier molecular flexibility index (Phi) is 3.46. The first-order valence-corrected chi connectivity index (χ1v) is 4.56. The highest BCUT2D eigenvalue weighted by molar-refractivity contribution is 5.79. The van der Waals surface area contributed by atoms with Crippen molar-refractivity contribution in [3.05, 3.63) is 29.1 Å². The number of halogens is 1. The summed E-state index contributed by atoms with van der Waals surface area (Å²) in [7, 11) is 0. The number of benzene rings is 1. The molecule has 2 atom stereocenters. The number of nitrogen functional groups attached to an aromatic ring is 1. The normalized spacial score (nSPS) is 14.5. The monoisotopic (exact) mass is 228 g/mol. The van der Waals surface area contributed by atoms with E-state index in [1.807, 2.05) is 0 Å². The third-order valence-corrected chi connectivity index (χ3v) is 2.37. The molecule has 0 saturated heterocycles. The van der Waals surface area contributed by atoms with Crippen LogP contribution in [0.25, 0.3) is 0 Å². The number of amides is 1. The molecule has 0 heterocycles. The minimum atomic E-state index is -1.85. The number of aliphatic hydroxyl groups excluding tert-OH is 2. The van der Waals surface area contributed by atoms with Crippen LogP contribution in [0, 0.1) is 12.7 Å². The van der Waals surface area contributed by atoms with E-state index in [2.05, 4.69) is 0 Å². The molecule has 1 amide bonds. The lowest BCUT2D eigenvalue weighted by Crippen LogP contribution is -2.34. The average molecular weight is 228 g/mol. The van der Waals surface area contributed by atoms with Crippen LogP contribution in [-0.2, 0) is 4.79 Å². The van der Waals surface area contributed by atoms with Gasteiger partial charge in [-0.05, 0) is 13.0 Å². The fraction of sp³-hybridized carbons (Fsp3) is 0.300. The Morgan fingerprint density at radius 2 is 2.00 bits per heavy atom. The highest BCUT2D eigenvalue weighted by Crippen LogP contribution is 2.25. The predicted molar refractivity (Wildman–Crippen MR) is 55.7 cm³/mol. The molecule has 1 aromatic carbocycles. The van der Waals surface area contributed by atoms with Gasteiger partial charge in [0.1, 0.15) is 11.9 Å². The van der Waals surface area contributed by atoms with Gasteiger partial charge in [0.05, 0.1) is 0 Å². The first kappa shape index (κ1) is 12.4. The summed E-state index contributed by atoms with van der Waals surface area (Å²) in [6.07, 6.45) is -3.55. The number of primary amides is 1. The van der Waals surface area contributed by atoms with E-state index in [0.717, 1.165) is 0 Å². The maximum Gasteiger partial charge on any atom is 0.249 e. The predicted octanol–water partition coefficient (Wildman–Crippen LogP) is -0.404. The summed E-state index contributed by atoms with van der Waals surface area (Å²) in [4.78, 5) is 10.6. The number of anilines is 1. The average Bonchev–Trinajstić information content (AvgIpc) is 2.24. The van der Waals surface area contributed by atoms with Crippen LogP contribution < -0.4 is 11.5 Å². The van der Waals surface area contributed by atoms with E-state index in [-0.39, 0.29) is 16.8 Å². The SMILES string of the molecule is Cc1c(N)ccc(C(O)C(O)C(N)=O)c1F. The van der Waals surface area contributed by atoms with Crippen LogP contribution in [0.15, 0.2) is 12.1 Å². The summed E-state index contributed by atoms with van der Waals surface area (Å²) >= 11 is 0. The Hall–Kier alpha value is -1.66. The summed E-state index contributed by atoms with van der Waals surface area (Å²) in [6.45, 7) is 1.43. The van der Waals surface area contributed by atoms with Crippen molar-refractivity contribution in [3.8, 4) is 0 Å². The molecule has 0 aliphatic rings. The van der Waals surface area contributed by atoms with E-state index in [0.29, 0.717) is 0 Å². The number of hydrogen-bond acceptors (Lipinski definition) is 4. The lowest BCUT2D eigenvalue weighted by Gasteiger charge is -2.17. The smallest absolute Gasteiger partial charge is 0.249 e. The van der Waals surface area contributed by atoms with Crippen molar-refractivity contribution >= 4 is 11.6 Å². The van der Waals surface area contributed by atoms with Crippen molar-refractivity contribution < 1.29 is 19.4 Å². The van der Waals surface area contributed by atoms with Gasteiger partial charge in [-0.15, -0.1) is 0 Å². The third kappa shape index (κ3) is 2.12. The van der Waals surface area contributed by atoms with E-state index in [9.17, 15) is 19.4 Å².